The second-order valence-corrected chi connectivity index (χ2v) is 6.52. The number of hydrazone groups is 1. The summed E-state index contributed by atoms with van der Waals surface area (Å²) in [5.74, 6) is 0.282. The van der Waals surface area contributed by atoms with Gasteiger partial charge < -0.3 is 18.9 Å². The number of carbonyl (C=O) groups is 2. The molecule has 0 fully saturated rings. The van der Waals surface area contributed by atoms with Crippen molar-refractivity contribution in [2.24, 2.45) is 16.0 Å². The molecule has 4 rings (SSSR count). The number of nitrogens with zero attached hydrogens (tertiary/aromatic N) is 3. The Labute approximate surface area is 161 Å². The Morgan fingerprint density at radius 1 is 1.11 bits per heavy atom. The van der Waals surface area contributed by atoms with Crippen LogP contribution in [-0.2, 0) is 25.4 Å². The fraction of sp³-hybridized carbons (Fsp3) is 0.474. The van der Waals surface area contributed by atoms with E-state index in [4.69, 9.17) is 18.9 Å². The number of amidine groups is 1. The number of fused-ring (bicyclic) bond motifs is 5. The normalized spacial score (nSPS) is 26.6. The van der Waals surface area contributed by atoms with Gasteiger partial charge in [-0.15, -0.1) is 0 Å². The van der Waals surface area contributed by atoms with Crippen molar-refractivity contribution in [3.05, 3.63) is 35.4 Å². The Hall–Kier alpha value is -3.10. The number of ether oxygens (including phenoxy) is 4. The minimum atomic E-state index is -0.805. The molecule has 0 amide bonds. The molecule has 9 heteroatoms. The molecule has 4 atom stereocenters. The molecule has 1 aromatic carbocycles. The molecule has 0 bridgehead atoms. The van der Waals surface area contributed by atoms with Gasteiger partial charge in [0.25, 0.3) is 0 Å². The number of hydrogen-bond acceptors (Lipinski definition) is 9. The van der Waals surface area contributed by atoms with Gasteiger partial charge in [-0.2, -0.15) is 5.10 Å². The van der Waals surface area contributed by atoms with Gasteiger partial charge in [-0.3, -0.25) is 0 Å². The molecule has 0 saturated carbocycles. The highest BCUT2D eigenvalue weighted by molar-refractivity contribution is 6.05. The molecule has 0 radical (unpaired) electrons. The van der Waals surface area contributed by atoms with Crippen LogP contribution < -0.4 is 0 Å². The van der Waals surface area contributed by atoms with E-state index in [9.17, 15) is 9.59 Å². The van der Waals surface area contributed by atoms with E-state index in [0.717, 1.165) is 11.1 Å². The first-order valence-electron chi connectivity index (χ1n) is 9.28. The second kappa shape index (κ2) is 7.49. The van der Waals surface area contributed by atoms with Crippen LogP contribution in [0.25, 0.3) is 0 Å². The van der Waals surface area contributed by atoms with Crippen LogP contribution >= 0.6 is 0 Å². The lowest BCUT2D eigenvalue weighted by atomic mass is 9.96. The third-order valence-corrected chi connectivity index (χ3v) is 4.90. The molecule has 148 valence electrons. The van der Waals surface area contributed by atoms with Crippen molar-refractivity contribution in [1.82, 2.24) is 5.01 Å². The Morgan fingerprint density at radius 2 is 1.82 bits per heavy atom. The number of carbonyl (C=O) groups excluding carboxylic acids is 2. The zero-order valence-electron chi connectivity index (χ0n) is 15.6. The van der Waals surface area contributed by atoms with Crippen LogP contribution in [0.3, 0.4) is 0 Å². The predicted molar refractivity (Wildman–Crippen MR) is 97.9 cm³/mol. The first kappa shape index (κ1) is 18.3. The first-order chi connectivity index (χ1) is 13.6. The molecule has 0 spiro atoms. The average Bonchev–Trinajstić information content (AvgIpc) is 3.24. The second-order valence-electron chi connectivity index (χ2n) is 6.52. The predicted octanol–water partition coefficient (Wildman–Crippen LogP) is 2.65. The van der Waals surface area contributed by atoms with E-state index in [0.29, 0.717) is 12.3 Å². The van der Waals surface area contributed by atoms with E-state index >= 15 is 0 Å². The SMILES string of the molecule is CCOC(=O)OC1C=NN2C1=NC(OC(=O)OCC)C1Cc3ccccc3C12. The van der Waals surface area contributed by atoms with E-state index in [-0.39, 0.29) is 25.2 Å². The summed E-state index contributed by atoms with van der Waals surface area (Å²) in [5, 5.41) is 6.16. The van der Waals surface area contributed by atoms with Crippen molar-refractivity contribution in [1.29, 1.82) is 0 Å². The van der Waals surface area contributed by atoms with E-state index in [2.05, 4.69) is 10.1 Å². The summed E-state index contributed by atoms with van der Waals surface area (Å²) in [5.41, 5.74) is 2.24. The Kier molecular flexibility index (Phi) is 4.89. The van der Waals surface area contributed by atoms with Crippen molar-refractivity contribution < 1.29 is 28.5 Å². The number of hydrogen-bond donors (Lipinski definition) is 0. The smallest absolute Gasteiger partial charge is 0.435 e. The fourth-order valence-corrected chi connectivity index (χ4v) is 3.84. The lowest BCUT2D eigenvalue weighted by molar-refractivity contribution is -0.0132. The maximum absolute atomic E-state index is 11.9. The monoisotopic (exact) mass is 387 g/mol. The lowest BCUT2D eigenvalue weighted by Crippen LogP contribution is -2.46. The number of rotatable bonds is 4. The summed E-state index contributed by atoms with van der Waals surface area (Å²) >= 11 is 0. The van der Waals surface area contributed by atoms with Gasteiger partial charge in [-0.1, -0.05) is 24.3 Å². The van der Waals surface area contributed by atoms with Gasteiger partial charge in [0.05, 0.1) is 25.5 Å². The van der Waals surface area contributed by atoms with Crippen molar-refractivity contribution in [3.63, 3.8) is 0 Å². The van der Waals surface area contributed by atoms with Crippen LogP contribution in [0.1, 0.15) is 31.0 Å². The molecule has 0 saturated heterocycles. The Morgan fingerprint density at radius 3 is 2.57 bits per heavy atom. The standard InChI is InChI=1S/C19H21N3O6/c1-3-25-18(23)27-14-10-20-22-15-12-8-6-5-7-11(12)9-13(15)17(21-16(14)22)28-19(24)26-4-2/h5-8,10,13-15,17H,3-4,9H2,1-2H3. The third kappa shape index (κ3) is 3.17. The van der Waals surface area contributed by atoms with E-state index < -0.39 is 24.6 Å². The van der Waals surface area contributed by atoms with Crippen LogP contribution in [0, 0.1) is 5.92 Å². The summed E-state index contributed by atoms with van der Waals surface area (Å²) in [6.07, 6.45) is -0.960. The van der Waals surface area contributed by atoms with Gasteiger partial charge in [0.2, 0.25) is 12.3 Å². The average molecular weight is 387 g/mol. The molecular weight excluding hydrogens is 366 g/mol. The first-order valence-corrected chi connectivity index (χ1v) is 9.28. The molecular formula is C19H21N3O6. The number of benzene rings is 1. The zero-order valence-corrected chi connectivity index (χ0v) is 15.6. The van der Waals surface area contributed by atoms with Crippen LogP contribution in [-0.4, -0.2) is 54.9 Å². The fourth-order valence-electron chi connectivity index (χ4n) is 3.84. The van der Waals surface area contributed by atoms with Crippen LogP contribution in [0.5, 0.6) is 0 Å². The summed E-state index contributed by atoms with van der Waals surface area (Å²) in [6.45, 7) is 3.81. The van der Waals surface area contributed by atoms with E-state index in [1.807, 2.05) is 24.3 Å². The maximum Gasteiger partial charge on any atom is 0.510 e. The molecule has 0 aromatic heterocycles. The van der Waals surface area contributed by atoms with Gasteiger partial charge in [0, 0.05) is 5.92 Å². The lowest BCUT2D eigenvalue weighted by Gasteiger charge is -2.37. The van der Waals surface area contributed by atoms with E-state index in [1.165, 1.54) is 6.21 Å². The quantitative estimate of drug-likeness (QED) is 0.732. The largest absolute Gasteiger partial charge is 0.510 e. The molecule has 3 aliphatic rings. The maximum atomic E-state index is 11.9. The molecule has 1 aromatic rings. The highest BCUT2D eigenvalue weighted by Gasteiger charge is 2.50. The van der Waals surface area contributed by atoms with E-state index in [1.54, 1.807) is 18.9 Å². The van der Waals surface area contributed by atoms with Gasteiger partial charge in [-0.25, -0.2) is 19.6 Å². The summed E-state index contributed by atoms with van der Waals surface area (Å²) < 4.78 is 20.6. The minimum absolute atomic E-state index is 0.121. The van der Waals surface area contributed by atoms with Crippen molar-refractivity contribution in [2.75, 3.05) is 13.2 Å². The van der Waals surface area contributed by atoms with Gasteiger partial charge in [-0.05, 0) is 31.4 Å². The Bertz CT molecular complexity index is 839. The van der Waals surface area contributed by atoms with Crippen LogP contribution in [0.4, 0.5) is 9.59 Å². The van der Waals surface area contributed by atoms with Crippen LogP contribution in [0.15, 0.2) is 34.4 Å². The molecule has 0 N–H and O–H groups in total. The molecule has 1 aliphatic carbocycles. The molecule has 2 aliphatic heterocycles. The van der Waals surface area contributed by atoms with Crippen LogP contribution in [0.2, 0.25) is 0 Å². The minimum Gasteiger partial charge on any atom is -0.435 e. The summed E-state index contributed by atoms with van der Waals surface area (Å²) in [6, 6.07) is 7.83. The van der Waals surface area contributed by atoms with Gasteiger partial charge in [0.1, 0.15) is 0 Å². The van der Waals surface area contributed by atoms with Crippen molar-refractivity contribution in [3.8, 4) is 0 Å². The molecule has 2 heterocycles. The van der Waals surface area contributed by atoms with Gasteiger partial charge in [0.15, 0.2) is 5.84 Å². The number of aliphatic imine (C=N–C) groups is 1. The Balaban J connectivity index is 1.65. The molecule has 28 heavy (non-hydrogen) atoms. The third-order valence-electron chi connectivity index (χ3n) is 4.90. The highest BCUT2D eigenvalue weighted by atomic mass is 16.7. The zero-order chi connectivity index (χ0) is 19.7. The summed E-state index contributed by atoms with van der Waals surface area (Å²) in [7, 11) is 0. The van der Waals surface area contributed by atoms with Gasteiger partial charge >= 0.3 is 12.3 Å². The topological polar surface area (TPSA) is 99.0 Å². The van der Waals surface area contributed by atoms with Crippen molar-refractivity contribution >= 4 is 24.4 Å². The molecule has 9 nitrogen and oxygen atoms in total. The highest BCUT2D eigenvalue weighted by Crippen LogP contribution is 2.47. The molecule has 4 unspecified atom stereocenters. The summed E-state index contributed by atoms with van der Waals surface area (Å²) in [4.78, 5) is 28.3. The van der Waals surface area contributed by atoms with Crippen molar-refractivity contribution in [2.45, 2.75) is 38.6 Å².